The summed E-state index contributed by atoms with van der Waals surface area (Å²) in [7, 11) is 1.81. The van der Waals surface area contributed by atoms with Crippen LogP contribution in [0, 0.1) is 0 Å². The number of nitrogens with zero attached hydrogens (tertiary/aromatic N) is 3. The molecule has 0 amide bonds. The van der Waals surface area contributed by atoms with Crippen LogP contribution in [0.1, 0.15) is 37.8 Å². The molecule has 1 aliphatic rings. The number of imidazole rings is 1. The van der Waals surface area contributed by atoms with E-state index in [1.807, 2.05) is 36.0 Å². The van der Waals surface area contributed by atoms with Gasteiger partial charge in [0.25, 0.3) is 0 Å². The zero-order valence-corrected chi connectivity index (χ0v) is 16.3. The van der Waals surface area contributed by atoms with Gasteiger partial charge >= 0.3 is 0 Å². The van der Waals surface area contributed by atoms with Crippen LogP contribution in [0.5, 0.6) is 0 Å². The van der Waals surface area contributed by atoms with E-state index < -0.39 is 0 Å². The van der Waals surface area contributed by atoms with Gasteiger partial charge in [0.1, 0.15) is 5.65 Å². The monoisotopic (exact) mass is 447 g/mol. The number of pyridine rings is 1. The molecule has 0 aromatic carbocycles. The molecule has 7 heteroatoms. The summed E-state index contributed by atoms with van der Waals surface area (Å²) in [6.07, 6.45) is 10.3. The third-order valence-electron chi connectivity index (χ3n) is 4.07. The van der Waals surface area contributed by atoms with Crippen molar-refractivity contribution in [2.75, 3.05) is 7.05 Å². The van der Waals surface area contributed by atoms with Crippen LogP contribution in [0.4, 0.5) is 0 Å². The van der Waals surface area contributed by atoms with E-state index in [2.05, 4.69) is 20.6 Å². The molecular weight excluding hydrogens is 425 g/mol. The summed E-state index contributed by atoms with van der Waals surface area (Å²) in [5, 5.41) is 7.55. The first-order valence-electron chi connectivity index (χ1n) is 7.85. The van der Waals surface area contributed by atoms with Crippen molar-refractivity contribution in [1.29, 1.82) is 0 Å². The molecule has 2 heterocycles. The highest BCUT2D eigenvalue weighted by Gasteiger charge is 2.14. The molecule has 2 aromatic heterocycles. The topological polar surface area (TPSA) is 53.7 Å². The molecule has 0 spiro atoms. The third-order valence-corrected chi connectivity index (χ3v) is 4.29. The second kappa shape index (κ2) is 8.73. The van der Waals surface area contributed by atoms with Crippen LogP contribution in [0.3, 0.4) is 0 Å². The maximum absolute atomic E-state index is 5.99. The molecule has 5 nitrogen and oxygen atoms in total. The average molecular weight is 448 g/mol. The summed E-state index contributed by atoms with van der Waals surface area (Å²) >= 11 is 5.99. The highest BCUT2D eigenvalue weighted by molar-refractivity contribution is 14.0. The zero-order valence-electron chi connectivity index (χ0n) is 13.3. The summed E-state index contributed by atoms with van der Waals surface area (Å²) in [6, 6.07) is 4.31. The van der Waals surface area contributed by atoms with Crippen LogP contribution in [-0.4, -0.2) is 28.4 Å². The first-order valence-corrected chi connectivity index (χ1v) is 8.23. The van der Waals surface area contributed by atoms with E-state index in [4.69, 9.17) is 11.6 Å². The minimum Gasteiger partial charge on any atom is -0.354 e. The molecule has 0 aliphatic heterocycles. The van der Waals surface area contributed by atoms with E-state index in [0.717, 1.165) is 17.3 Å². The molecule has 126 valence electrons. The number of hydrogen-bond acceptors (Lipinski definition) is 2. The van der Waals surface area contributed by atoms with E-state index in [-0.39, 0.29) is 24.0 Å². The Kier molecular flexibility index (Phi) is 6.95. The van der Waals surface area contributed by atoms with Crippen LogP contribution in [0.15, 0.2) is 29.5 Å². The molecule has 0 unspecified atom stereocenters. The van der Waals surface area contributed by atoms with Gasteiger partial charge in [0.05, 0.1) is 17.3 Å². The van der Waals surface area contributed by atoms with Gasteiger partial charge in [-0.2, -0.15) is 0 Å². The van der Waals surface area contributed by atoms with E-state index >= 15 is 0 Å². The van der Waals surface area contributed by atoms with Gasteiger partial charge < -0.3 is 15.0 Å². The standard InChI is InChI=1S/C16H22ClN5.HI/c1-18-16(21-13-5-3-2-4-6-13)19-9-14-11-22-10-12(17)7-8-15(22)20-14;/h7-8,10-11,13H,2-6,9H2,1H3,(H2,18,19,21);1H. The van der Waals surface area contributed by atoms with Crippen molar-refractivity contribution in [2.24, 2.45) is 4.99 Å². The van der Waals surface area contributed by atoms with Crippen molar-refractivity contribution in [2.45, 2.75) is 44.7 Å². The van der Waals surface area contributed by atoms with Crippen LogP contribution < -0.4 is 10.6 Å². The predicted molar refractivity (Wildman–Crippen MR) is 106 cm³/mol. The zero-order chi connectivity index (χ0) is 15.4. The Morgan fingerprint density at radius 2 is 2.09 bits per heavy atom. The maximum Gasteiger partial charge on any atom is 0.191 e. The molecule has 3 rings (SSSR count). The number of guanidine groups is 1. The Labute approximate surface area is 158 Å². The summed E-state index contributed by atoms with van der Waals surface area (Å²) in [6.45, 7) is 0.645. The predicted octanol–water partition coefficient (Wildman–Crippen LogP) is 3.60. The molecule has 2 N–H and O–H groups in total. The SMILES string of the molecule is CN=C(NCc1cn2cc(Cl)ccc2n1)NC1CCCCC1.I. The van der Waals surface area contributed by atoms with Gasteiger partial charge in [-0.3, -0.25) is 4.99 Å². The summed E-state index contributed by atoms with van der Waals surface area (Å²) in [5.74, 6) is 0.849. The van der Waals surface area contributed by atoms with Crippen LogP contribution in [0.25, 0.3) is 5.65 Å². The fraction of sp³-hybridized carbons (Fsp3) is 0.500. The fourth-order valence-electron chi connectivity index (χ4n) is 2.91. The van der Waals surface area contributed by atoms with Crippen molar-refractivity contribution in [1.82, 2.24) is 20.0 Å². The van der Waals surface area contributed by atoms with Gasteiger partial charge in [0, 0.05) is 25.5 Å². The number of hydrogen-bond donors (Lipinski definition) is 2. The normalized spacial score (nSPS) is 16.2. The van der Waals surface area contributed by atoms with Crippen LogP contribution >= 0.6 is 35.6 Å². The van der Waals surface area contributed by atoms with Gasteiger partial charge in [-0.05, 0) is 25.0 Å². The molecule has 1 saturated carbocycles. The maximum atomic E-state index is 5.99. The number of aromatic nitrogens is 2. The number of rotatable bonds is 3. The van der Waals surface area contributed by atoms with Crippen molar-refractivity contribution < 1.29 is 0 Å². The smallest absolute Gasteiger partial charge is 0.191 e. The molecule has 0 radical (unpaired) electrons. The Hall–Kier alpha value is -1.02. The molecule has 0 atom stereocenters. The Morgan fingerprint density at radius 3 is 2.83 bits per heavy atom. The lowest BCUT2D eigenvalue weighted by Gasteiger charge is -2.24. The van der Waals surface area contributed by atoms with Crippen molar-refractivity contribution in [3.63, 3.8) is 0 Å². The lowest BCUT2D eigenvalue weighted by Crippen LogP contribution is -2.43. The Morgan fingerprint density at radius 1 is 1.30 bits per heavy atom. The number of aliphatic imine (C=N–C) groups is 1. The highest BCUT2D eigenvalue weighted by atomic mass is 127. The quantitative estimate of drug-likeness (QED) is 0.429. The number of nitrogens with one attached hydrogen (secondary N) is 2. The molecule has 1 fully saturated rings. The van der Waals surface area contributed by atoms with E-state index in [1.165, 1.54) is 32.1 Å². The molecule has 0 saturated heterocycles. The second-order valence-corrected chi connectivity index (χ2v) is 6.19. The summed E-state index contributed by atoms with van der Waals surface area (Å²) < 4.78 is 1.94. The third kappa shape index (κ3) is 4.97. The average Bonchev–Trinajstić information content (AvgIpc) is 2.94. The van der Waals surface area contributed by atoms with Crippen LogP contribution in [0.2, 0.25) is 5.02 Å². The van der Waals surface area contributed by atoms with Gasteiger partial charge in [0.2, 0.25) is 0 Å². The minimum absolute atomic E-state index is 0. The van der Waals surface area contributed by atoms with Gasteiger partial charge in [-0.25, -0.2) is 4.98 Å². The summed E-state index contributed by atoms with van der Waals surface area (Å²) in [4.78, 5) is 8.87. The Bertz CT molecular complexity index is 664. The van der Waals surface area contributed by atoms with Gasteiger partial charge in [-0.1, -0.05) is 30.9 Å². The largest absolute Gasteiger partial charge is 0.354 e. The number of fused-ring (bicyclic) bond motifs is 1. The molecule has 23 heavy (non-hydrogen) atoms. The lowest BCUT2D eigenvalue weighted by molar-refractivity contribution is 0.410. The Balaban J connectivity index is 0.00000192. The van der Waals surface area contributed by atoms with Crippen molar-refractivity contribution >= 4 is 47.2 Å². The molecular formula is C16H23ClIN5. The molecule has 2 aromatic rings. The van der Waals surface area contributed by atoms with Gasteiger partial charge in [0.15, 0.2) is 5.96 Å². The first-order chi connectivity index (χ1) is 10.7. The number of halogens is 2. The molecule has 1 aliphatic carbocycles. The lowest BCUT2D eigenvalue weighted by atomic mass is 9.96. The van der Waals surface area contributed by atoms with Crippen molar-refractivity contribution in [3.8, 4) is 0 Å². The second-order valence-electron chi connectivity index (χ2n) is 5.75. The van der Waals surface area contributed by atoms with Crippen LogP contribution in [-0.2, 0) is 6.54 Å². The van der Waals surface area contributed by atoms with E-state index in [9.17, 15) is 0 Å². The molecule has 0 bridgehead atoms. The van der Waals surface area contributed by atoms with E-state index in [0.29, 0.717) is 17.6 Å². The highest BCUT2D eigenvalue weighted by Crippen LogP contribution is 2.17. The first kappa shape index (κ1) is 18.3. The van der Waals surface area contributed by atoms with Crippen molar-refractivity contribution in [3.05, 3.63) is 35.2 Å². The fourth-order valence-corrected chi connectivity index (χ4v) is 3.08. The summed E-state index contributed by atoms with van der Waals surface area (Å²) in [5.41, 5.74) is 1.87. The van der Waals surface area contributed by atoms with E-state index in [1.54, 1.807) is 0 Å². The van der Waals surface area contributed by atoms with Gasteiger partial charge in [-0.15, -0.1) is 24.0 Å². The minimum atomic E-state index is 0.